The van der Waals surface area contributed by atoms with E-state index in [0.717, 1.165) is 26.4 Å². The van der Waals surface area contributed by atoms with E-state index < -0.39 is 0 Å². The van der Waals surface area contributed by atoms with E-state index in [-0.39, 0.29) is 10.7 Å². The van der Waals surface area contributed by atoms with E-state index in [4.69, 9.17) is 0 Å². The second-order valence-corrected chi connectivity index (χ2v) is 7.75. The van der Waals surface area contributed by atoms with Crippen molar-refractivity contribution in [1.29, 1.82) is 0 Å². The third-order valence-electron chi connectivity index (χ3n) is 3.47. The number of carbonyl (C=O) groups excluding carboxylic acids is 1. The number of thioether (sulfide) groups is 1. The van der Waals surface area contributed by atoms with Gasteiger partial charge in [-0.25, -0.2) is 0 Å². The predicted octanol–water partition coefficient (Wildman–Crippen LogP) is 4.71. The number of carbonyl (C=O) groups is 1. The Morgan fingerprint density at radius 3 is 2.58 bits per heavy atom. The van der Waals surface area contributed by atoms with Crippen LogP contribution >= 0.6 is 50.3 Å². The number of rotatable bonds is 6. The van der Waals surface area contributed by atoms with Gasteiger partial charge in [0, 0.05) is 19.3 Å². The summed E-state index contributed by atoms with van der Waals surface area (Å²) >= 11 is 7.44. The fourth-order valence-corrected chi connectivity index (χ4v) is 3.60. The highest BCUT2D eigenvalue weighted by atomic mass is 127. The van der Waals surface area contributed by atoms with E-state index >= 15 is 0 Å². The number of amides is 1. The van der Waals surface area contributed by atoms with E-state index in [2.05, 4.69) is 63.9 Å². The fraction of sp³-hybridized carbons (Fsp3) is 0.500. The minimum absolute atomic E-state index is 0.00558. The Balaban J connectivity index is 2.77. The summed E-state index contributed by atoms with van der Waals surface area (Å²) in [5.74, 6) is 0.00558. The van der Waals surface area contributed by atoms with Crippen LogP contribution in [0.4, 0.5) is 0 Å². The van der Waals surface area contributed by atoms with Crippen molar-refractivity contribution in [2.24, 2.45) is 0 Å². The zero-order valence-corrected chi connectivity index (χ0v) is 16.0. The van der Waals surface area contributed by atoms with Crippen LogP contribution in [-0.2, 0) is 0 Å². The molecule has 0 bridgehead atoms. The molecule has 0 aliphatic carbocycles. The average Bonchev–Trinajstić information content (AvgIpc) is 2.43. The number of nitrogens with one attached hydrogen (secondary N) is 1. The molecule has 1 N–H and O–H groups in total. The molecule has 2 nitrogen and oxygen atoms in total. The van der Waals surface area contributed by atoms with Crippen LogP contribution in [-0.4, -0.2) is 23.5 Å². The molecular formula is C14H19BrINOS. The van der Waals surface area contributed by atoms with Crippen LogP contribution in [0.2, 0.25) is 0 Å². The Morgan fingerprint density at radius 2 is 2.05 bits per heavy atom. The summed E-state index contributed by atoms with van der Waals surface area (Å²) in [5.41, 5.74) is 0.734. The number of benzene rings is 1. The van der Waals surface area contributed by atoms with Crippen LogP contribution in [0.5, 0.6) is 0 Å². The molecule has 0 spiro atoms. The van der Waals surface area contributed by atoms with Gasteiger partial charge in [0.2, 0.25) is 0 Å². The lowest BCUT2D eigenvalue weighted by atomic mass is 10.0. The standard InChI is InChI=1S/C14H19BrINOS/c1-4-14(5-2,19-3)9-17-13(18)11-8-10(15)6-7-12(11)16/h6-8H,4-5,9H2,1-3H3,(H,17,18). The smallest absolute Gasteiger partial charge is 0.252 e. The maximum Gasteiger partial charge on any atom is 0.252 e. The Bertz CT molecular complexity index is 441. The van der Waals surface area contributed by atoms with Gasteiger partial charge in [-0.3, -0.25) is 4.79 Å². The largest absolute Gasteiger partial charge is 0.351 e. The van der Waals surface area contributed by atoms with Crippen molar-refractivity contribution in [3.8, 4) is 0 Å². The van der Waals surface area contributed by atoms with Crippen molar-refractivity contribution in [3.63, 3.8) is 0 Å². The zero-order chi connectivity index (χ0) is 14.5. The van der Waals surface area contributed by atoms with Gasteiger partial charge in [-0.05, 0) is 59.9 Å². The molecule has 5 heteroatoms. The second-order valence-electron chi connectivity index (χ2n) is 4.40. The van der Waals surface area contributed by atoms with Gasteiger partial charge < -0.3 is 5.32 Å². The molecule has 0 unspecified atom stereocenters. The first-order valence-corrected chi connectivity index (χ1v) is 9.36. The second kappa shape index (κ2) is 7.88. The molecule has 19 heavy (non-hydrogen) atoms. The van der Waals surface area contributed by atoms with Gasteiger partial charge in [-0.1, -0.05) is 29.8 Å². The number of hydrogen-bond donors (Lipinski definition) is 1. The summed E-state index contributed by atoms with van der Waals surface area (Å²) < 4.78 is 2.05. The summed E-state index contributed by atoms with van der Waals surface area (Å²) in [4.78, 5) is 12.3. The quantitative estimate of drug-likeness (QED) is 0.629. The summed E-state index contributed by atoms with van der Waals surface area (Å²) in [7, 11) is 0. The lowest BCUT2D eigenvalue weighted by Gasteiger charge is -2.29. The topological polar surface area (TPSA) is 29.1 Å². The van der Waals surface area contributed by atoms with E-state index in [1.165, 1.54) is 0 Å². The summed E-state index contributed by atoms with van der Waals surface area (Å²) in [6, 6.07) is 5.76. The highest BCUT2D eigenvalue weighted by molar-refractivity contribution is 14.1. The summed E-state index contributed by atoms with van der Waals surface area (Å²) in [5, 5.41) is 3.08. The van der Waals surface area contributed by atoms with Gasteiger partial charge >= 0.3 is 0 Å². The van der Waals surface area contributed by atoms with Crippen molar-refractivity contribution in [2.45, 2.75) is 31.4 Å². The fourth-order valence-electron chi connectivity index (χ4n) is 1.87. The van der Waals surface area contributed by atoms with Crippen LogP contribution in [0, 0.1) is 3.57 Å². The van der Waals surface area contributed by atoms with Crippen molar-refractivity contribution >= 4 is 56.2 Å². The Kier molecular flexibility index (Phi) is 7.18. The lowest BCUT2D eigenvalue weighted by Crippen LogP contribution is -2.39. The van der Waals surface area contributed by atoms with E-state index in [0.29, 0.717) is 6.54 Å². The number of hydrogen-bond acceptors (Lipinski definition) is 2. The molecule has 0 saturated heterocycles. The average molecular weight is 456 g/mol. The predicted molar refractivity (Wildman–Crippen MR) is 96.0 cm³/mol. The van der Waals surface area contributed by atoms with Gasteiger partial charge in [-0.15, -0.1) is 0 Å². The van der Waals surface area contributed by atoms with Crippen molar-refractivity contribution in [1.82, 2.24) is 5.32 Å². The van der Waals surface area contributed by atoms with Gasteiger partial charge in [0.05, 0.1) is 5.56 Å². The molecule has 0 radical (unpaired) electrons. The van der Waals surface area contributed by atoms with E-state index in [1.54, 1.807) is 0 Å². The van der Waals surface area contributed by atoms with Crippen LogP contribution in [0.1, 0.15) is 37.0 Å². The maximum atomic E-state index is 12.3. The Hall–Kier alpha value is 0.250. The molecule has 106 valence electrons. The lowest BCUT2D eigenvalue weighted by molar-refractivity contribution is 0.0948. The maximum absolute atomic E-state index is 12.3. The van der Waals surface area contributed by atoms with Gasteiger partial charge in [-0.2, -0.15) is 11.8 Å². The third kappa shape index (κ3) is 4.63. The molecule has 0 fully saturated rings. The minimum atomic E-state index is 0.00558. The van der Waals surface area contributed by atoms with Gasteiger partial charge in [0.25, 0.3) is 5.91 Å². The first kappa shape index (κ1) is 17.3. The Labute approximate surface area is 141 Å². The van der Waals surface area contributed by atoms with Crippen LogP contribution < -0.4 is 5.32 Å². The van der Waals surface area contributed by atoms with E-state index in [9.17, 15) is 4.79 Å². The van der Waals surface area contributed by atoms with Crippen LogP contribution in [0.3, 0.4) is 0 Å². The first-order chi connectivity index (χ1) is 8.98. The van der Waals surface area contributed by atoms with Gasteiger partial charge in [0.1, 0.15) is 0 Å². The molecule has 0 atom stereocenters. The minimum Gasteiger partial charge on any atom is -0.351 e. The van der Waals surface area contributed by atoms with E-state index in [1.807, 2.05) is 30.0 Å². The highest BCUT2D eigenvalue weighted by Crippen LogP contribution is 2.29. The van der Waals surface area contributed by atoms with Crippen molar-refractivity contribution in [2.75, 3.05) is 12.8 Å². The summed E-state index contributed by atoms with van der Waals surface area (Å²) in [6.07, 6.45) is 4.23. The summed E-state index contributed by atoms with van der Waals surface area (Å²) in [6.45, 7) is 5.06. The van der Waals surface area contributed by atoms with Crippen molar-refractivity contribution < 1.29 is 4.79 Å². The first-order valence-electron chi connectivity index (χ1n) is 6.26. The molecule has 0 aliphatic heterocycles. The molecule has 0 heterocycles. The number of halogens is 2. The molecule has 1 amide bonds. The normalized spacial score (nSPS) is 11.4. The van der Waals surface area contributed by atoms with Crippen LogP contribution in [0.15, 0.2) is 22.7 Å². The van der Waals surface area contributed by atoms with Gasteiger partial charge in [0.15, 0.2) is 0 Å². The molecule has 1 aromatic rings. The monoisotopic (exact) mass is 455 g/mol. The van der Waals surface area contributed by atoms with Crippen molar-refractivity contribution in [3.05, 3.63) is 31.8 Å². The molecule has 1 rings (SSSR count). The molecule has 1 aromatic carbocycles. The molecule has 0 aliphatic rings. The van der Waals surface area contributed by atoms with Crippen LogP contribution in [0.25, 0.3) is 0 Å². The highest BCUT2D eigenvalue weighted by Gasteiger charge is 2.25. The molecular weight excluding hydrogens is 437 g/mol. The zero-order valence-electron chi connectivity index (χ0n) is 11.4. The SMILES string of the molecule is CCC(CC)(CNC(=O)c1cc(Br)ccc1I)SC. The molecule has 0 aromatic heterocycles. The molecule has 0 saturated carbocycles. The Morgan fingerprint density at radius 1 is 1.42 bits per heavy atom. The third-order valence-corrected chi connectivity index (χ3v) is 6.49.